The summed E-state index contributed by atoms with van der Waals surface area (Å²) in [6.45, 7) is 4.30. The van der Waals surface area contributed by atoms with Crippen LogP contribution in [-0.4, -0.2) is 68.6 Å². The topological polar surface area (TPSA) is 127 Å². The van der Waals surface area contributed by atoms with Crippen LogP contribution in [0.1, 0.15) is 26.7 Å². The monoisotopic (exact) mass is 469 g/mol. The summed E-state index contributed by atoms with van der Waals surface area (Å²) in [6.07, 6.45) is 4.87. The van der Waals surface area contributed by atoms with Gasteiger partial charge in [0.1, 0.15) is 18.2 Å². The first-order valence-electron chi connectivity index (χ1n) is 11.8. The van der Waals surface area contributed by atoms with Gasteiger partial charge >= 0.3 is 5.97 Å². The molecule has 0 unspecified atom stereocenters. The molecule has 1 saturated heterocycles. The first-order chi connectivity index (χ1) is 16.5. The Hall–Kier alpha value is -3.27. The number of aliphatic hydroxyl groups excluding tert-OH is 1. The van der Waals surface area contributed by atoms with Gasteiger partial charge in [0.25, 0.3) is 0 Å². The number of aromatic nitrogens is 3. The van der Waals surface area contributed by atoms with Gasteiger partial charge in [0, 0.05) is 19.1 Å². The zero-order valence-corrected chi connectivity index (χ0v) is 19.5. The molecule has 1 fully saturated rings. The molecule has 2 heterocycles. The maximum atomic E-state index is 13.5. The highest BCUT2D eigenvalue weighted by atomic mass is 16.5. The van der Waals surface area contributed by atoms with Crippen LogP contribution in [0.4, 0.5) is 0 Å². The van der Waals surface area contributed by atoms with Crippen LogP contribution in [0.15, 0.2) is 36.4 Å². The average Bonchev–Trinajstić information content (AvgIpc) is 3.37. The van der Waals surface area contributed by atoms with E-state index in [4.69, 9.17) is 4.74 Å². The van der Waals surface area contributed by atoms with Crippen LogP contribution >= 0.6 is 0 Å². The molecule has 0 saturated carbocycles. The van der Waals surface area contributed by atoms with Crippen molar-refractivity contribution in [3.8, 4) is 0 Å². The van der Waals surface area contributed by atoms with Gasteiger partial charge in [0.2, 0.25) is 11.8 Å². The third kappa shape index (κ3) is 4.42. The lowest BCUT2D eigenvalue weighted by Gasteiger charge is -2.32. The molecule has 1 aromatic carbocycles. The Balaban J connectivity index is 1.58. The first kappa shape index (κ1) is 23.9. The Kier molecular flexibility index (Phi) is 7.26. The van der Waals surface area contributed by atoms with Gasteiger partial charge in [-0.15, -0.1) is 5.10 Å². The summed E-state index contributed by atoms with van der Waals surface area (Å²) >= 11 is 0. The Morgan fingerprint density at radius 3 is 2.76 bits per heavy atom. The molecule has 2 aromatic rings. The predicted octanol–water partition coefficient (Wildman–Crippen LogP) is 1.11. The number of carbonyl (C=O) groups excluding carboxylic acids is 3. The van der Waals surface area contributed by atoms with Crippen LogP contribution < -0.4 is 5.32 Å². The minimum atomic E-state index is -0.758. The number of fused-ring (bicyclic) bond motifs is 2. The van der Waals surface area contributed by atoms with E-state index in [9.17, 15) is 19.5 Å². The SMILES string of the molecule is CCOC(=O)[C@H]1[C@@H]2C(=O)N(CCCCO)[C@H](C(=O)NCn3nnc4ccccc43)[C@H]2C=C[C@H]1C. The molecular weight excluding hydrogens is 438 g/mol. The third-order valence-corrected chi connectivity index (χ3v) is 6.73. The highest BCUT2D eigenvalue weighted by molar-refractivity contribution is 5.96. The van der Waals surface area contributed by atoms with Gasteiger partial charge in [0.15, 0.2) is 0 Å². The van der Waals surface area contributed by atoms with Crippen LogP contribution in [0.5, 0.6) is 0 Å². The van der Waals surface area contributed by atoms with E-state index in [0.717, 1.165) is 11.0 Å². The largest absolute Gasteiger partial charge is 0.466 e. The van der Waals surface area contributed by atoms with Crippen molar-refractivity contribution in [2.45, 2.75) is 39.4 Å². The Labute approximate surface area is 197 Å². The lowest BCUT2D eigenvalue weighted by molar-refractivity contribution is -0.155. The first-order valence-corrected chi connectivity index (χ1v) is 11.8. The standard InChI is InChI=1S/C24H31N5O5/c1-3-34-24(33)19-15(2)10-11-16-20(19)23(32)28(12-6-7-13-30)21(16)22(31)25-14-29-18-9-5-4-8-17(18)26-27-29/h4-5,8-11,15-16,19-21,30H,3,6-7,12-14H2,1-2H3,(H,25,31)/t15-,16+,19-,20-,21+/m1/s1. The van der Waals surface area contributed by atoms with E-state index < -0.39 is 29.8 Å². The number of aliphatic hydroxyl groups is 1. The van der Waals surface area contributed by atoms with E-state index in [1.807, 2.05) is 43.3 Å². The molecule has 0 bridgehead atoms. The minimum Gasteiger partial charge on any atom is -0.466 e. The van der Waals surface area contributed by atoms with Gasteiger partial charge in [-0.1, -0.05) is 36.4 Å². The molecule has 5 atom stereocenters. The normalized spacial score (nSPS) is 26.0. The zero-order valence-electron chi connectivity index (χ0n) is 19.5. The van der Waals surface area contributed by atoms with Gasteiger partial charge in [-0.3, -0.25) is 14.4 Å². The maximum absolute atomic E-state index is 13.5. The second-order valence-corrected chi connectivity index (χ2v) is 8.81. The van der Waals surface area contributed by atoms with Crippen molar-refractivity contribution in [1.29, 1.82) is 0 Å². The van der Waals surface area contributed by atoms with Gasteiger partial charge < -0.3 is 20.1 Å². The second-order valence-electron chi connectivity index (χ2n) is 8.81. The summed E-state index contributed by atoms with van der Waals surface area (Å²) in [5, 5.41) is 20.3. The quantitative estimate of drug-likeness (QED) is 0.320. The summed E-state index contributed by atoms with van der Waals surface area (Å²) in [5.41, 5.74) is 1.51. The van der Waals surface area contributed by atoms with Gasteiger partial charge in [-0.25, -0.2) is 4.68 Å². The highest BCUT2D eigenvalue weighted by Crippen LogP contribution is 2.44. The molecule has 0 radical (unpaired) electrons. The number of rotatable bonds is 9. The molecule has 182 valence electrons. The fraction of sp³-hybridized carbons (Fsp3) is 0.542. The number of para-hydroxylation sites is 1. The highest BCUT2D eigenvalue weighted by Gasteiger charge is 2.56. The van der Waals surface area contributed by atoms with Crippen molar-refractivity contribution in [1.82, 2.24) is 25.2 Å². The van der Waals surface area contributed by atoms with Crippen LogP contribution in [-0.2, 0) is 25.8 Å². The maximum Gasteiger partial charge on any atom is 0.310 e. The van der Waals surface area contributed by atoms with E-state index in [2.05, 4.69) is 15.6 Å². The Bertz CT molecular complexity index is 1080. The number of ether oxygens (including phenoxy) is 1. The molecule has 34 heavy (non-hydrogen) atoms. The van der Waals surface area contributed by atoms with Crippen molar-refractivity contribution in [3.05, 3.63) is 36.4 Å². The number of carbonyl (C=O) groups is 3. The zero-order chi connectivity index (χ0) is 24.2. The van der Waals surface area contributed by atoms with Crippen LogP contribution in [0.2, 0.25) is 0 Å². The number of nitrogens with zero attached hydrogens (tertiary/aromatic N) is 4. The molecule has 0 spiro atoms. The lowest BCUT2D eigenvalue weighted by atomic mass is 9.70. The van der Waals surface area contributed by atoms with E-state index in [1.165, 1.54) is 0 Å². The molecule has 1 aliphatic carbocycles. The van der Waals surface area contributed by atoms with Crippen LogP contribution in [0, 0.1) is 23.7 Å². The predicted molar refractivity (Wildman–Crippen MR) is 123 cm³/mol. The Morgan fingerprint density at radius 1 is 1.21 bits per heavy atom. The van der Waals surface area contributed by atoms with Crippen molar-refractivity contribution < 1.29 is 24.2 Å². The van der Waals surface area contributed by atoms with E-state index >= 15 is 0 Å². The molecule has 1 aromatic heterocycles. The minimum absolute atomic E-state index is 0.00745. The number of esters is 1. The van der Waals surface area contributed by atoms with Gasteiger partial charge in [-0.2, -0.15) is 0 Å². The van der Waals surface area contributed by atoms with Crippen molar-refractivity contribution in [3.63, 3.8) is 0 Å². The molecule has 4 rings (SSSR count). The lowest BCUT2D eigenvalue weighted by Crippen LogP contribution is -2.48. The molecule has 2 aliphatic rings. The summed E-state index contributed by atoms with van der Waals surface area (Å²) in [6, 6.07) is 6.69. The summed E-state index contributed by atoms with van der Waals surface area (Å²) in [4.78, 5) is 41.3. The number of likely N-dealkylation sites (tertiary alicyclic amines) is 1. The third-order valence-electron chi connectivity index (χ3n) is 6.73. The van der Waals surface area contributed by atoms with E-state index in [0.29, 0.717) is 19.4 Å². The molecule has 10 heteroatoms. The molecule has 2 amide bonds. The average molecular weight is 470 g/mol. The van der Waals surface area contributed by atoms with Gasteiger partial charge in [0.05, 0.1) is 24.0 Å². The van der Waals surface area contributed by atoms with Crippen molar-refractivity contribution >= 4 is 28.8 Å². The van der Waals surface area contributed by atoms with E-state index in [-0.39, 0.29) is 37.6 Å². The number of allylic oxidation sites excluding steroid dienone is 1. The number of hydrogen-bond acceptors (Lipinski definition) is 7. The summed E-state index contributed by atoms with van der Waals surface area (Å²) < 4.78 is 6.87. The smallest absolute Gasteiger partial charge is 0.310 e. The molecule has 10 nitrogen and oxygen atoms in total. The molecular formula is C24H31N5O5. The summed E-state index contributed by atoms with van der Waals surface area (Å²) in [5.74, 6) is -2.86. The van der Waals surface area contributed by atoms with Crippen LogP contribution in [0.3, 0.4) is 0 Å². The number of nitrogens with one attached hydrogen (secondary N) is 1. The molecule has 1 aliphatic heterocycles. The number of amides is 2. The van der Waals surface area contributed by atoms with Crippen LogP contribution in [0.25, 0.3) is 11.0 Å². The number of hydrogen-bond donors (Lipinski definition) is 2. The fourth-order valence-electron chi connectivity index (χ4n) is 5.12. The molecule has 2 N–H and O–H groups in total. The van der Waals surface area contributed by atoms with Gasteiger partial charge in [-0.05, 0) is 37.8 Å². The Morgan fingerprint density at radius 2 is 2.00 bits per heavy atom. The van der Waals surface area contributed by atoms with Crippen molar-refractivity contribution in [2.24, 2.45) is 23.7 Å². The second kappa shape index (κ2) is 10.3. The fourth-order valence-corrected chi connectivity index (χ4v) is 5.12. The number of benzene rings is 1. The summed E-state index contributed by atoms with van der Waals surface area (Å²) in [7, 11) is 0. The number of unbranched alkanes of at least 4 members (excludes halogenated alkanes) is 1. The van der Waals surface area contributed by atoms with Crippen molar-refractivity contribution in [2.75, 3.05) is 19.8 Å². The van der Waals surface area contributed by atoms with E-state index in [1.54, 1.807) is 16.5 Å².